The fourth-order valence-corrected chi connectivity index (χ4v) is 16.1. The Morgan fingerprint density at radius 3 is 1.48 bits per heavy atom. The summed E-state index contributed by atoms with van der Waals surface area (Å²) in [5, 5.41) is 10.1. The normalized spacial score (nSPS) is 18.5. The van der Waals surface area contributed by atoms with Crippen LogP contribution in [0.25, 0.3) is 132 Å². The third-order valence-corrected chi connectivity index (χ3v) is 19.4. The van der Waals surface area contributed by atoms with Crippen LogP contribution in [0.1, 0.15) is 50.2 Å². The highest BCUT2D eigenvalue weighted by Crippen LogP contribution is 2.63. The third-order valence-electron chi connectivity index (χ3n) is 19.4. The van der Waals surface area contributed by atoms with Crippen molar-refractivity contribution in [1.82, 2.24) is 9.13 Å². The maximum Gasteiger partial charge on any atom is 0.0619 e. The fraction of sp³-hybridized carbons (Fsp3) is 0.128. The van der Waals surface area contributed by atoms with Crippen molar-refractivity contribution in [3.05, 3.63) is 266 Å². The lowest BCUT2D eigenvalue weighted by molar-refractivity contribution is 0.0856. The van der Waals surface area contributed by atoms with Crippen LogP contribution in [0.2, 0.25) is 0 Å². The average Bonchev–Trinajstić information content (AvgIpc) is 3.91. The molecule has 3 aliphatic carbocycles. The van der Waals surface area contributed by atoms with E-state index in [4.69, 9.17) is 0 Å². The lowest BCUT2D eigenvalue weighted by Crippen LogP contribution is -2.44. The summed E-state index contributed by atoms with van der Waals surface area (Å²) in [4.78, 5) is 0. The van der Waals surface area contributed by atoms with E-state index in [1.807, 2.05) is 0 Å². The Hall–Kier alpha value is -9.24. The summed E-state index contributed by atoms with van der Waals surface area (Å²) >= 11 is 0. The van der Waals surface area contributed by atoms with Gasteiger partial charge < -0.3 is 9.13 Å². The maximum atomic E-state index is 2.66. The zero-order chi connectivity index (χ0) is 52.6. The molecule has 17 rings (SSSR count). The summed E-state index contributed by atoms with van der Waals surface area (Å²) in [6, 6.07) is 96.5. The summed E-state index contributed by atoms with van der Waals surface area (Å²) in [6.45, 7) is 2.52. The lowest BCUT2D eigenvalue weighted by Gasteiger charge is -2.50. The molecule has 2 fully saturated rings. The standard InChI is InChI=1S/C78H58N2/c1-49-40-50-38-39-78(58(41-49)42-50)70-29-15-12-22-60(70)61-35-34-55(46-71(61)78)76-66-25-8-10-27-68(66)77(69-28-11-9-26-67(69)76)80-73-31-17-14-24-63(73)65-37-33-54(48-75(65)80)53-32-36-64-62-23-13-16-30-72(62)79(74(64)47-53)59-44-56(51-18-4-2-5-19-51)43-57(45-59)52-20-6-3-7-21-52/h2-37,43-50,58H,38-42H2,1H3. The van der Waals surface area contributed by atoms with E-state index in [-0.39, 0.29) is 5.41 Å². The van der Waals surface area contributed by atoms with Crippen molar-refractivity contribution in [1.29, 1.82) is 0 Å². The molecule has 3 aliphatic rings. The monoisotopic (exact) mass is 1020 g/mol. The molecule has 14 aromatic rings. The minimum atomic E-state index is 0.0553. The molecule has 2 heteroatoms. The summed E-state index contributed by atoms with van der Waals surface area (Å²) in [5.74, 6) is 2.29. The van der Waals surface area contributed by atoms with Gasteiger partial charge in [0.25, 0.3) is 0 Å². The number of aromatic nitrogens is 2. The van der Waals surface area contributed by atoms with Crippen LogP contribution in [0, 0.1) is 17.8 Å². The van der Waals surface area contributed by atoms with Gasteiger partial charge in [-0.15, -0.1) is 0 Å². The second kappa shape index (κ2) is 17.6. The highest BCUT2D eigenvalue weighted by Gasteiger charge is 2.53. The summed E-state index contributed by atoms with van der Waals surface area (Å²) in [5.41, 5.74) is 23.0. The molecule has 2 saturated carbocycles. The van der Waals surface area contributed by atoms with Crippen molar-refractivity contribution >= 4 is 65.2 Å². The predicted molar refractivity (Wildman–Crippen MR) is 337 cm³/mol. The Kier molecular flexibility index (Phi) is 10.1. The molecule has 380 valence electrons. The number of hydrogen-bond acceptors (Lipinski definition) is 0. The van der Waals surface area contributed by atoms with Gasteiger partial charge in [0.2, 0.25) is 0 Å². The lowest BCUT2D eigenvalue weighted by atomic mass is 9.53. The molecule has 0 radical (unpaired) electrons. The number of nitrogens with zero attached hydrogens (tertiary/aromatic N) is 2. The first kappa shape index (κ1) is 45.7. The number of fused-ring (bicyclic) bond motifs is 16. The van der Waals surface area contributed by atoms with Crippen molar-refractivity contribution in [2.75, 3.05) is 0 Å². The summed E-state index contributed by atoms with van der Waals surface area (Å²) in [7, 11) is 0. The minimum absolute atomic E-state index is 0.0553. The summed E-state index contributed by atoms with van der Waals surface area (Å²) < 4.78 is 5.08. The topological polar surface area (TPSA) is 9.86 Å². The van der Waals surface area contributed by atoms with E-state index >= 15 is 0 Å². The van der Waals surface area contributed by atoms with Crippen LogP contribution in [0.15, 0.2) is 255 Å². The Morgan fingerprint density at radius 1 is 0.338 bits per heavy atom. The van der Waals surface area contributed by atoms with E-state index in [1.165, 1.54) is 159 Å². The average molecular weight is 1020 g/mol. The van der Waals surface area contributed by atoms with Crippen LogP contribution in [-0.2, 0) is 5.41 Å². The Bertz CT molecular complexity index is 4730. The Labute approximate surface area is 466 Å². The van der Waals surface area contributed by atoms with Gasteiger partial charge in [-0.1, -0.05) is 213 Å². The van der Waals surface area contributed by atoms with E-state index in [0.717, 1.165) is 17.5 Å². The first-order valence-corrected chi connectivity index (χ1v) is 29.1. The zero-order valence-electron chi connectivity index (χ0n) is 44.9. The van der Waals surface area contributed by atoms with Crippen molar-refractivity contribution in [2.24, 2.45) is 17.8 Å². The zero-order valence-corrected chi connectivity index (χ0v) is 44.9. The first-order chi connectivity index (χ1) is 39.6. The highest BCUT2D eigenvalue weighted by atomic mass is 15.0. The van der Waals surface area contributed by atoms with E-state index in [2.05, 4.69) is 271 Å². The largest absolute Gasteiger partial charge is 0.309 e. The quantitative estimate of drug-likeness (QED) is 0.147. The molecular weight excluding hydrogens is 965 g/mol. The van der Waals surface area contributed by atoms with Gasteiger partial charge in [-0.05, 0) is 176 Å². The highest BCUT2D eigenvalue weighted by molar-refractivity contribution is 6.21. The van der Waals surface area contributed by atoms with Gasteiger partial charge in [0.15, 0.2) is 0 Å². The third kappa shape index (κ3) is 6.72. The summed E-state index contributed by atoms with van der Waals surface area (Å²) in [6.07, 6.45) is 6.62. The van der Waals surface area contributed by atoms with E-state index in [9.17, 15) is 0 Å². The van der Waals surface area contributed by atoms with Gasteiger partial charge in [0.1, 0.15) is 0 Å². The molecule has 0 amide bonds. The van der Waals surface area contributed by atoms with Gasteiger partial charge in [-0.3, -0.25) is 0 Å². The molecule has 0 N–H and O–H groups in total. The SMILES string of the molecule is CC1CC2CCC3(c4ccccc4-c4ccc(-c5c6ccccc6c(-n6c7ccccc7c7ccc(-c8ccc9c%10ccccc%10n(-c%10cc(-c%11ccccc%11)cc(-c%11ccccc%11)c%10)c9c8)cc76)c6ccccc56)cc43)C(C1)C2. The number of benzene rings is 12. The molecule has 80 heavy (non-hydrogen) atoms. The van der Waals surface area contributed by atoms with Crippen LogP contribution in [0.4, 0.5) is 0 Å². The number of para-hydroxylation sites is 2. The maximum absolute atomic E-state index is 2.66. The van der Waals surface area contributed by atoms with E-state index < -0.39 is 0 Å². The first-order valence-electron chi connectivity index (χ1n) is 29.1. The van der Waals surface area contributed by atoms with Gasteiger partial charge in [0.05, 0.1) is 27.8 Å². The molecule has 0 aliphatic heterocycles. The molecule has 0 saturated heterocycles. The van der Waals surface area contributed by atoms with Crippen LogP contribution < -0.4 is 0 Å². The second-order valence-corrected chi connectivity index (χ2v) is 23.7. The fourth-order valence-electron chi connectivity index (χ4n) is 16.1. The molecule has 4 atom stereocenters. The molecule has 4 unspecified atom stereocenters. The molecule has 2 nitrogen and oxygen atoms in total. The van der Waals surface area contributed by atoms with Gasteiger partial charge >= 0.3 is 0 Å². The second-order valence-electron chi connectivity index (χ2n) is 23.7. The number of hydrogen-bond donors (Lipinski definition) is 0. The van der Waals surface area contributed by atoms with Gasteiger partial charge in [-0.2, -0.15) is 0 Å². The van der Waals surface area contributed by atoms with E-state index in [1.54, 1.807) is 11.1 Å². The van der Waals surface area contributed by atoms with Crippen molar-refractivity contribution in [3.63, 3.8) is 0 Å². The molecule has 2 bridgehead atoms. The Morgan fingerprint density at radius 2 is 0.838 bits per heavy atom. The molecule has 2 heterocycles. The van der Waals surface area contributed by atoms with Gasteiger partial charge in [-0.25, -0.2) is 0 Å². The van der Waals surface area contributed by atoms with Crippen molar-refractivity contribution in [2.45, 2.75) is 44.4 Å². The minimum Gasteiger partial charge on any atom is -0.309 e. The van der Waals surface area contributed by atoms with Crippen molar-refractivity contribution < 1.29 is 0 Å². The predicted octanol–water partition coefficient (Wildman–Crippen LogP) is 21.0. The van der Waals surface area contributed by atoms with E-state index in [0.29, 0.717) is 5.92 Å². The Balaban J connectivity index is 0.865. The van der Waals surface area contributed by atoms with Crippen LogP contribution in [-0.4, -0.2) is 9.13 Å². The van der Waals surface area contributed by atoms with Crippen LogP contribution in [0.3, 0.4) is 0 Å². The van der Waals surface area contributed by atoms with Crippen molar-refractivity contribution in [3.8, 4) is 67.0 Å². The number of rotatable bonds is 6. The smallest absolute Gasteiger partial charge is 0.0619 e. The molecule has 1 spiro atoms. The molecule has 12 aromatic carbocycles. The van der Waals surface area contributed by atoms with Gasteiger partial charge in [0, 0.05) is 43.4 Å². The van der Waals surface area contributed by atoms with Crippen LogP contribution in [0.5, 0.6) is 0 Å². The molecular formula is C78H58N2. The van der Waals surface area contributed by atoms with Crippen LogP contribution >= 0.6 is 0 Å². The molecule has 2 aromatic heterocycles.